The van der Waals surface area contributed by atoms with Crippen LogP contribution in [0.25, 0.3) is 0 Å². The highest BCUT2D eigenvalue weighted by molar-refractivity contribution is 7.81. The molecule has 116 valence electrons. The van der Waals surface area contributed by atoms with E-state index in [-0.39, 0.29) is 5.91 Å². The molecule has 0 radical (unpaired) electrons. The summed E-state index contributed by atoms with van der Waals surface area (Å²) in [5.74, 6) is -0.169. The Hall–Kier alpha value is -1.63. The van der Waals surface area contributed by atoms with Crippen molar-refractivity contribution in [1.29, 1.82) is 0 Å². The number of hydrogen-bond donors (Lipinski definition) is 4. The highest BCUT2D eigenvalue weighted by Crippen LogP contribution is 2.30. The van der Waals surface area contributed by atoms with Crippen molar-refractivity contribution in [2.24, 2.45) is 0 Å². The van der Waals surface area contributed by atoms with Gasteiger partial charge >= 0.3 is 0 Å². The third kappa shape index (κ3) is 2.69. The number of halogens is 1. The second-order valence-corrected chi connectivity index (χ2v) is 6.14. The molecular weight excluding hydrogens is 322 g/mol. The molecule has 2 aromatic rings. The van der Waals surface area contributed by atoms with Gasteiger partial charge in [-0.3, -0.25) is 4.79 Å². The van der Waals surface area contributed by atoms with Crippen LogP contribution in [0, 0.1) is 0 Å². The molecule has 2 heterocycles. The number of hydrogen-bond acceptors (Lipinski definition) is 4. The maximum Gasteiger partial charge on any atom is 0.272 e. The molecule has 0 aliphatic carbocycles. The number of anilines is 1. The number of carbonyl (C=O) groups is 1. The number of thiol groups is 1. The number of nitrogens with zero attached hydrogens (tertiary/aromatic N) is 1. The van der Waals surface area contributed by atoms with Crippen molar-refractivity contribution in [3.05, 3.63) is 52.3 Å². The molecule has 0 saturated carbocycles. The Morgan fingerprint density at radius 1 is 1.45 bits per heavy atom. The summed E-state index contributed by atoms with van der Waals surface area (Å²) in [5.41, 5.74) is 2.57. The van der Waals surface area contributed by atoms with Crippen molar-refractivity contribution in [1.82, 2.24) is 10.3 Å². The number of nitrogens with one attached hydrogen (secondary N) is 2. The summed E-state index contributed by atoms with van der Waals surface area (Å²) in [6.07, 6.45) is 1.09. The zero-order chi connectivity index (χ0) is 15.9. The van der Waals surface area contributed by atoms with Crippen LogP contribution in [-0.4, -0.2) is 21.5 Å². The van der Waals surface area contributed by atoms with Gasteiger partial charge in [0, 0.05) is 17.8 Å². The highest BCUT2D eigenvalue weighted by atomic mass is 35.5. The minimum atomic E-state index is -0.636. The Labute approximate surface area is 138 Å². The molecule has 2 unspecified atom stereocenters. The smallest absolute Gasteiger partial charge is 0.272 e. The van der Waals surface area contributed by atoms with Crippen molar-refractivity contribution < 1.29 is 9.90 Å². The van der Waals surface area contributed by atoms with Crippen molar-refractivity contribution in [2.75, 3.05) is 4.90 Å². The molecule has 3 rings (SSSR count). The van der Waals surface area contributed by atoms with Crippen LogP contribution >= 0.6 is 24.2 Å². The van der Waals surface area contributed by atoms with E-state index in [0.29, 0.717) is 22.8 Å². The van der Waals surface area contributed by atoms with E-state index < -0.39 is 11.6 Å². The average Bonchev–Trinajstić information content (AvgIpc) is 2.94. The van der Waals surface area contributed by atoms with Crippen LogP contribution in [0.1, 0.15) is 34.6 Å². The summed E-state index contributed by atoms with van der Waals surface area (Å²) in [6, 6.07) is 7.39. The molecule has 7 heteroatoms. The van der Waals surface area contributed by atoms with E-state index in [1.54, 1.807) is 19.2 Å². The number of fused-ring (bicyclic) bond motifs is 1. The molecule has 0 spiro atoms. The molecule has 2 atom stereocenters. The van der Waals surface area contributed by atoms with Crippen LogP contribution in [0.4, 0.5) is 5.69 Å². The number of rotatable bonds is 3. The standard InChI is InChI=1S/C15H16ClN3O2S/c1-8(20)10-6-9(2-3-11(10)16)7-19-12-4-5-17-13(12)14(21)18-15(19)22/h2-6,8,15,17,20,22H,7H2,1H3,(H,18,21). The summed E-state index contributed by atoms with van der Waals surface area (Å²) in [6.45, 7) is 2.22. The van der Waals surface area contributed by atoms with Crippen molar-refractivity contribution in [2.45, 2.75) is 25.1 Å². The SMILES string of the molecule is CC(O)c1cc(CN2c3cc[nH]c3C(=O)NC2S)ccc1Cl. The van der Waals surface area contributed by atoms with Crippen LogP contribution in [-0.2, 0) is 6.54 Å². The number of aromatic nitrogens is 1. The van der Waals surface area contributed by atoms with Crippen molar-refractivity contribution >= 4 is 35.8 Å². The Bertz CT molecular complexity index is 717. The van der Waals surface area contributed by atoms with Gasteiger partial charge in [0.15, 0.2) is 0 Å². The summed E-state index contributed by atoms with van der Waals surface area (Å²) in [4.78, 5) is 16.8. The van der Waals surface area contributed by atoms with Gasteiger partial charge in [0.2, 0.25) is 0 Å². The lowest BCUT2D eigenvalue weighted by molar-refractivity contribution is 0.0938. The number of aliphatic hydroxyl groups excluding tert-OH is 1. The van der Waals surface area contributed by atoms with Crippen molar-refractivity contribution in [3.8, 4) is 0 Å². The van der Waals surface area contributed by atoms with E-state index >= 15 is 0 Å². The Kier molecular flexibility index (Phi) is 4.08. The first-order valence-electron chi connectivity index (χ1n) is 6.86. The number of aliphatic hydroxyl groups is 1. The maximum atomic E-state index is 11.9. The minimum absolute atomic E-state index is 0.169. The third-order valence-electron chi connectivity index (χ3n) is 3.68. The van der Waals surface area contributed by atoms with Gasteiger partial charge in [-0.15, -0.1) is 12.6 Å². The number of aromatic amines is 1. The van der Waals surface area contributed by atoms with Gasteiger partial charge in [0.05, 0.1) is 11.8 Å². The summed E-state index contributed by atoms with van der Waals surface area (Å²) in [7, 11) is 0. The molecule has 3 N–H and O–H groups in total. The van der Waals surface area contributed by atoms with Gasteiger partial charge in [-0.1, -0.05) is 17.7 Å². The third-order valence-corrected chi connectivity index (χ3v) is 4.43. The lowest BCUT2D eigenvalue weighted by Gasteiger charge is -2.34. The van der Waals surface area contributed by atoms with Gasteiger partial charge in [0.1, 0.15) is 11.2 Å². The molecule has 1 aliphatic rings. The van der Waals surface area contributed by atoms with Crippen LogP contribution in [0.15, 0.2) is 30.5 Å². The monoisotopic (exact) mass is 337 g/mol. The highest BCUT2D eigenvalue weighted by Gasteiger charge is 2.29. The van der Waals surface area contributed by atoms with Gasteiger partial charge in [-0.25, -0.2) is 0 Å². The first-order valence-corrected chi connectivity index (χ1v) is 7.76. The van der Waals surface area contributed by atoms with E-state index in [0.717, 1.165) is 11.3 Å². The van der Waals surface area contributed by atoms with Crippen molar-refractivity contribution in [3.63, 3.8) is 0 Å². The fraction of sp³-hybridized carbons (Fsp3) is 0.267. The molecular formula is C15H16ClN3O2S. The number of H-pyrrole nitrogens is 1. The van der Waals surface area contributed by atoms with Crippen LogP contribution in [0.3, 0.4) is 0 Å². The molecule has 0 saturated heterocycles. The molecule has 22 heavy (non-hydrogen) atoms. The van der Waals surface area contributed by atoms with E-state index in [1.807, 2.05) is 23.1 Å². The first-order chi connectivity index (χ1) is 10.5. The van der Waals surface area contributed by atoms with Gasteiger partial charge < -0.3 is 20.3 Å². The van der Waals surface area contributed by atoms with Crippen LogP contribution in [0.2, 0.25) is 5.02 Å². The maximum absolute atomic E-state index is 11.9. The predicted octanol–water partition coefficient (Wildman–Crippen LogP) is 2.68. The van der Waals surface area contributed by atoms with Gasteiger partial charge in [-0.2, -0.15) is 0 Å². The second-order valence-electron chi connectivity index (χ2n) is 5.24. The molecule has 5 nitrogen and oxygen atoms in total. The van der Waals surface area contributed by atoms with E-state index in [2.05, 4.69) is 22.9 Å². The fourth-order valence-corrected chi connectivity index (χ4v) is 3.16. The Morgan fingerprint density at radius 2 is 2.23 bits per heavy atom. The lowest BCUT2D eigenvalue weighted by Crippen LogP contribution is -2.49. The van der Waals surface area contributed by atoms with E-state index in [1.165, 1.54) is 0 Å². The Balaban J connectivity index is 1.92. The molecule has 1 aliphatic heterocycles. The van der Waals surface area contributed by atoms with Crippen LogP contribution in [0.5, 0.6) is 0 Å². The molecule has 1 aromatic heterocycles. The average molecular weight is 338 g/mol. The summed E-state index contributed by atoms with van der Waals surface area (Å²) >= 11 is 10.5. The first kappa shape index (κ1) is 15.3. The normalized spacial score (nSPS) is 18.8. The summed E-state index contributed by atoms with van der Waals surface area (Å²) in [5, 5.41) is 13.1. The molecule has 0 fully saturated rings. The molecule has 0 bridgehead atoms. The largest absolute Gasteiger partial charge is 0.389 e. The zero-order valence-electron chi connectivity index (χ0n) is 11.9. The number of benzene rings is 1. The lowest BCUT2D eigenvalue weighted by atomic mass is 10.1. The fourth-order valence-electron chi connectivity index (χ4n) is 2.56. The van der Waals surface area contributed by atoms with Gasteiger partial charge in [0.25, 0.3) is 5.91 Å². The number of carbonyl (C=O) groups excluding carboxylic acids is 1. The molecule has 1 amide bonds. The van der Waals surface area contributed by atoms with E-state index in [9.17, 15) is 9.90 Å². The Morgan fingerprint density at radius 3 is 2.95 bits per heavy atom. The summed E-state index contributed by atoms with van der Waals surface area (Å²) < 4.78 is 0. The number of amides is 1. The van der Waals surface area contributed by atoms with Crippen LogP contribution < -0.4 is 10.2 Å². The van der Waals surface area contributed by atoms with Gasteiger partial charge in [-0.05, 0) is 36.2 Å². The quantitative estimate of drug-likeness (QED) is 0.651. The molecule has 1 aromatic carbocycles. The second kappa shape index (κ2) is 5.87. The topological polar surface area (TPSA) is 68.4 Å². The predicted molar refractivity (Wildman–Crippen MR) is 89.3 cm³/mol. The van der Waals surface area contributed by atoms with E-state index in [4.69, 9.17) is 11.6 Å². The zero-order valence-corrected chi connectivity index (χ0v) is 13.5. The minimum Gasteiger partial charge on any atom is -0.389 e.